The molecule has 1 aliphatic rings. The number of aryl methyl sites for hydroxylation is 1. The molecule has 3 rings (SSSR count). The predicted octanol–water partition coefficient (Wildman–Crippen LogP) is 5.53. The molecule has 0 spiro atoms. The van der Waals surface area contributed by atoms with E-state index in [0.29, 0.717) is 18.1 Å². The van der Waals surface area contributed by atoms with Gasteiger partial charge in [-0.25, -0.2) is 4.79 Å². The monoisotopic (exact) mass is 365 g/mol. The molecule has 0 aromatic heterocycles. The van der Waals surface area contributed by atoms with Crippen LogP contribution >= 0.6 is 0 Å². The lowest BCUT2D eigenvalue weighted by atomic mass is 9.90. The van der Waals surface area contributed by atoms with Crippen LogP contribution in [0.15, 0.2) is 47.6 Å². The minimum absolute atomic E-state index is 0.337. The lowest BCUT2D eigenvalue weighted by molar-refractivity contribution is 0.0601. The van der Waals surface area contributed by atoms with E-state index in [-0.39, 0.29) is 5.97 Å². The fourth-order valence-corrected chi connectivity index (χ4v) is 3.59. The second-order valence-corrected chi connectivity index (χ2v) is 7.11. The van der Waals surface area contributed by atoms with Crippen LogP contribution in [-0.2, 0) is 16.2 Å². The summed E-state index contributed by atoms with van der Waals surface area (Å²) >= 11 is 0. The van der Waals surface area contributed by atoms with E-state index in [4.69, 9.17) is 9.57 Å². The first-order valence-electron chi connectivity index (χ1n) is 9.61. The molecule has 1 aliphatic carbocycles. The average Bonchev–Trinajstić information content (AvgIpc) is 2.72. The summed E-state index contributed by atoms with van der Waals surface area (Å²) in [5.74, 6) is 0.207. The van der Waals surface area contributed by atoms with Gasteiger partial charge in [0.05, 0.1) is 12.7 Å². The second-order valence-electron chi connectivity index (χ2n) is 7.11. The molecule has 4 heteroatoms. The van der Waals surface area contributed by atoms with E-state index in [9.17, 15) is 4.79 Å². The molecule has 27 heavy (non-hydrogen) atoms. The van der Waals surface area contributed by atoms with Crippen molar-refractivity contribution in [3.05, 3.63) is 59.2 Å². The van der Waals surface area contributed by atoms with Crippen molar-refractivity contribution < 1.29 is 14.4 Å². The Labute approximate surface area is 161 Å². The number of methoxy groups -OCH3 is 1. The number of oxime groups is 1. The molecule has 0 amide bonds. The Hall–Kier alpha value is -2.62. The highest BCUT2D eigenvalue weighted by atomic mass is 16.6. The van der Waals surface area contributed by atoms with Gasteiger partial charge < -0.3 is 9.57 Å². The third kappa shape index (κ3) is 4.97. The number of ether oxygens (including phenoxy) is 1. The molecule has 2 aromatic rings. The molecule has 0 unspecified atom stereocenters. The summed E-state index contributed by atoms with van der Waals surface area (Å²) in [6, 6.07) is 13.7. The first-order valence-corrected chi connectivity index (χ1v) is 9.61. The van der Waals surface area contributed by atoms with Crippen LogP contribution in [0.3, 0.4) is 0 Å². The molecule has 0 bridgehead atoms. The maximum Gasteiger partial charge on any atom is 0.338 e. The van der Waals surface area contributed by atoms with Crippen LogP contribution in [0.2, 0.25) is 0 Å². The van der Waals surface area contributed by atoms with Gasteiger partial charge in [-0.3, -0.25) is 0 Å². The Bertz CT molecular complexity index is 807. The molecule has 0 saturated heterocycles. The summed E-state index contributed by atoms with van der Waals surface area (Å²) in [4.78, 5) is 17.7. The van der Waals surface area contributed by atoms with Gasteiger partial charge in [0.1, 0.15) is 6.61 Å². The SMILES string of the molecule is COC(=O)c1ccc(CON=CC2CCCCC2)cc1-c1ccccc1C. The van der Waals surface area contributed by atoms with Gasteiger partial charge in [-0.2, -0.15) is 0 Å². The molecule has 0 heterocycles. The van der Waals surface area contributed by atoms with Crippen molar-refractivity contribution in [3.8, 4) is 11.1 Å². The number of hydrogen-bond acceptors (Lipinski definition) is 4. The molecule has 0 N–H and O–H groups in total. The van der Waals surface area contributed by atoms with Gasteiger partial charge in [-0.15, -0.1) is 0 Å². The molecular formula is C23H27NO3. The number of carbonyl (C=O) groups is 1. The topological polar surface area (TPSA) is 47.9 Å². The van der Waals surface area contributed by atoms with E-state index in [1.807, 2.05) is 49.5 Å². The Kier molecular flexibility index (Phi) is 6.64. The molecule has 1 fully saturated rings. The van der Waals surface area contributed by atoms with Crippen LogP contribution in [0.25, 0.3) is 11.1 Å². The zero-order valence-corrected chi connectivity index (χ0v) is 16.1. The quantitative estimate of drug-likeness (QED) is 0.384. The van der Waals surface area contributed by atoms with Gasteiger partial charge in [0.15, 0.2) is 0 Å². The van der Waals surface area contributed by atoms with E-state index < -0.39 is 0 Å². The van der Waals surface area contributed by atoms with Gasteiger partial charge in [-0.1, -0.05) is 54.8 Å². The van der Waals surface area contributed by atoms with Crippen LogP contribution in [0.5, 0.6) is 0 Å². The fraction of sp³-hybridized carbons (Fsp3) is 0.391. The van der Waals surface area contributed by atoms with Crippen LogP contribution in [0.4, 0.5) is 0 Å². The van der Waals surface area contributed by atoms with Crippen LogP contribution in [0, 0.1) is 12.8 Å². The van der Waals surface area contributed by atoms with Gasteiger partial charge >= 0.3 is 5.97 Å². The summed E-state index contributed by atoms with van der Waals surface area (Å²) in [5, 5.41) is 4.17. The van der Waals surface area contributed by atoms with Crippen molar-refractivity contribution in [3.63, 3.8) is 0 Å². The maximum atomic E-state index is 12.2. The number of carbonyl (C=O) groups excluding carboxylic acids is 1. The van der Waals surface area contributed by atoms with E-state index in [1.165, 1.54) is 39.2 Å². The number of nitrogens with zero attached hydrogens (tertiary/aromatic N) is 1. The molecule has 1 saturated carbocycles. The van der Waals surface area contributed by atoms with Crippen LogP contribution in [0.1, 0.15) is 53.6 Å². The zero-order valence-electron chi connectivity index (χ0n) is 16.1. The normalized spacial score (nSPS) is 15.0. The van der Waals surface area contributed by atoms with Gasteiger partial charge in [0.25, 0.3) is 0 Å². The molecular weight excluding hydrogens is 338 g/mol. The van der Waals surface area contributed by atoms with E-state index in [1.54, 1.807) is 6.07 Å². The van der Waals surface area contributed by atoms with E-state index >= 15 is 0 Å². The highest BCUT2D eigenvalue weighted by molar-refractivity contribution is 5.97. The molecule has 0 atom stereocenters. The van der Waals surface area contributed by atoms with Crippen molar-refractivity contribution in [2.45, 2.75) is 45.6 Å². The Morgan fingerprint density at radius 3 is 2.63 bits per heavy atom. The fourth-order valence-electron chi connectivity index (χ4n) is 3.59. The third-order valence-corrected chi connectivity index (χ3v) is 5.15. The number of hydrogen-bond donors (Lipinski definition) is 0. The lowest BCUT2D eigenvalue weighted by Gasteiger charge is -2.16. The Balaban J connectivity index is 1.76. The first-order chi connectivity index (χ1) is 13.2. The molecule has 4 nitrogen and oxygen atoms in total. The highest BCUT2D eigenvalue weighted by Crippen LogP contribution is 2.29. The molecule has 2 aromatic carbocycles. The average molecular weight is 365 g/mol. The largest absolute Gasteiger partial charge is 0.465 e. The maximum absolute atomic E-state index is 12.2. The smallest absolute Gasteiger partial charge is 0.338 e. The Morgan fingerprint density at radius 1 is 1.11 bits per heavy atom. The summed E-state index contributed by atoms with van der Waals surface area (Å²) in [6.07, 6.45) is 8.26. The van der Waals surface area contributed by atoms with Crippen LogP contribution < -0.4 is 0 Å². The van der Waals surface area contributed by atoms with Gasteiger partial charge in [0, 0.05) is 6.21 Å². The third-order valence-electron chi connectivity index (χ3n) is 5.15. The standard InChI is InChI=1S/C23H27NO3/c1-17-8-6-7-11-20(17)22-14-19(12-13-21(22)23(25)26-2)16-27-24-15-18-9-4-3-5-10-18/h6-8,11-15,18H,3-5,9-10,16H2,1-2H3. The van der Waals surface area contributed by atoms with Gasteiger partial charge in [-0.05, 0) is 60.1 Å². The second kappa shape index (κ2) is 9.36. The van der Waals surface area contributed by atoms with Gasteiger partial charge in [0.2, 0.25) is 0 Å². The first kappa shape index (κ1) is 19.2. The van der Waals surface area contributed by atoms with Crippen molar-refractivity contribution in [2.75, 3.05) is 7.11 Å². The lowest BCUT2D eigenvalue weighted by Crippen LogP contribution is -2.07. The number of esters is 1. The van der Waals surface area contributed by atoms with Crippen molar-refractivity contribution >= 4 is 12.2 Å². The molecule has 0 aliphatic heterocycles. The van der Waals surface area contributed by atoms with E-state index in [0.717, 1.165) is 22.3 Å². The number of rotatable bonds is 6. The summed E-state index contributed by atoms with van der Waals surface area (Å²) < 4.78 is 4.95. The van der Waals surface area contributed by atoms with Crippen molar-refractivity contribution in [1.82, 2.24) is 0 Å². The minimum atomic E-state index is -0.337. The predicted molar refractivity (Wildman–Crippen MR) is 108 cm³/mol. The zero-order chi connectivity index (χ0) is 19.1. The molecule has 0 radical (unpaired) electrons. The Morgan fingerprint density at radius 2 is 1.89 bits per heavy atom. The van der Waals surface area contributed by atoms with Crippen LogP contribution in [-0.4, -0.2) is 19.3 Å². The molecule has 142 valence electrons. The van der Waals surface area contributed by atoms with Crippen molar-refractivity contribution in [2.24, 2.45) is 11.1 Å². The summed E-state index contributed by atoms with van der Waals surface area (Å²) in [5.41, 5.74) is 4.52. The number of benzene rings is 2. The summed E-state index contributed by atoms with van der Waals surface area (Å²) in [7, 11) is 1.40. The highest BCUT2D eigenvalue weighted by Gasteiger charge is 2.15. The van der Waals surface area contributed by atoms with E-state index in [2.05, 4.69) is 5.16 Å². The summed E-state index contributed by atoms with van der Waals surface area (Å²) in [6.45, 7) is 2.41. The van der Waals surface area contributed by atoms with Crippen molar-refractivity contribution in [1.29, 1.82) is 0 Å². The minimum Gasteiger partial charge on any atom is -0.465 e.